The number of rotatable bonds is 4. The largest absolute Gasteiger partial charge is 0.497 e. The summed E-state index contributed by atoms with van der Waals surface area (Å²) in [5, 5.41) is 0. The molecule has 3 nitrogen and oxygen atoms in total. The molecule has 0 atom stereocenters. The van der Waals surface area contributed by atoms with E-state index in [1.54, 1.807) is 7.11 Å². The molecule has 2 aliphatic rings. The molecular formula is C19H18BrNO2. The van der Waals surface area contributed by atoms with E-state index in [9.17, 15) is 4.79 Å². The van der Waals surface area contributed by atoms with Gasteiger partial charge in [-0.2, -0.15) is 0 Å². The maximum absolute atomic E-state index is 12.8. The lowest BCUT2D eigenvalue weighted by Gasteiger charge is -2.16. The fourth-order valence-corrected chi connectivity index (χ4v) is 3.77. The normalized spacial score (nSPS) is 16.6. The van der Waals surface area contributed by atoms with Crippen LogP contribution in [0.5, 0.6) is 5.75 Å². The first kappa shape index (κ1) is 14.8. The standard InChI is InChI=1S/C19H18BrNO2/c1-23-15-6-2-12(3-7-15)10-21-11-18-16(13-4-5-13)8-14(20)9-17(18)19(21)22/h2-3,6-9,13H,4-5,10-11H2,1H3. The highest BCUT2D eigenvalue weighted by Crippen LogP contribution is 2.45. The van der Waals surface area contributed by atoms with Gasteiger partial charge in [0.15, 0.2) is 0 Å². The maximum atomic E-state index is 12.8. The van der Waals surface area contributed by atoms with Crippen molar-refractivity contribution in [3.8, 4) is 5.75 Å². The van der Waals surface area contributed by atoms with E-state index >= 15 is 0 Å². The summed E-state index contributed by atoms with van der Waals surface area (Å²) in [6.07, 6.45) is 2.49. The van der Waals surface area contributed by atoms with Crippen LogP contribution < -0.4 is 4.74 Å². The first-order valence-electron chi connectivity index (χ1n) is 7.90. The molecule has 1 saturated carbocycles. The molecule has 4 rings (SSSR count). The van der Waals surface area contributed by atoms with Crippen molar-refractivity contribution in [3.63, 3.8) is 0 Å². The molecular weight excluding hydrogens is 354 g/mol. The second-order valence-corrected chi connectivity index (χ2v) is 7.22. The second kappa shape index (κ2) is 5.68. The van der Waals surface area contributed by atoms with Gasteiger partial charge < -0.3 is 9.64 Å². The zero-order chi connectivity index (χ0) is 16.0. The molecule has 0 unspecified atom stereocenters. The first-order chi connectivity index (χ1) is 11.2. The van der Waals surface area contributed by atoms with Crippen LogP contribution in [0.1, 0.15) is 45.8 Å². The minimum Gasteiger partial charge on any atom is -0.497 e. The molecule has 1 amide bonds. The minimum absolute atomic E-state index is 0.138. The minimum atomic E-state index is 0.138. The number of fused-ring (bicyclic) bond motifs is 1. The van der Waals surface area contributed by atoms with Gasteiger partial charge in [-0.3, -0.25) is 4.79 Å². The quantitative estimate of drug-likeness (QED) is 0.792. The number of nitrogens with zero attached hydrogens (tertiary/aromatic N) is 1. The number of amides is 1. The Labute approximate surface area is 144 Å². The molecule has 23 heavy (non-hydrogen) atoms. The van der Waals surface area contributed by atoms with Crippen molar-refractivity contribution in [2.75, 3.05) is 7.11 Å². The topological polar surface area (TPSA) is 29.5 Å². The van der Waals surface area contributed by atoms with Gasteiger partial charge in [0.2, 0.25) is 0 Å². The summed E-state index contributed by atoms with van der Waals surface area (Å²) in [5.74, 6) is 1.62. The number of halogens is 1. The fraction of sp³-hybridized carbons (Fsp3) is 0.316. The van der Waals surface area contributed by atoms with Gasteiger partial charge in [-0.05, 0) is 59.7 Å². The lowest BCUT2D eigenvalue weighted by atomic mass is 10.00. The lowest BCUT2D eigenvalue weighted by Crippen LogP contribution is -2.23. The molecule has 0 saturated heterocycles. The molecule has 2 aromatic carbocycles. The number of carbonyl (C=O) groups is 1. The van der Waals surface area contributed by atoms with E-state index in [2.05, 4.69) is 22.0 Å². The van der Waals surface area contributed by atoms with Gasteiger partial charge >= 0.3 is 0 Å². The molecule has 1 heterocycles. The number of carbonyl (C=O) groups excluding carboxylic acids is 1. The summed E-state index contributed by atoms with van der Waals surface area (Å²) >= 11 is 3.56. The van der Waals surface area contributed by atoms with Crippen LogP contribution in [0.25, 0.3) is 0 Å². The number of hydrogen-bond acceptors (Lipinski definition) is 2. The zero-order valence-corrected chi connectivity index (χ0v) is 14.6. The summed E-state index contributed by atoms with van der Waals surface area (Å²) in [4.78, 5) is 14.7. The number of ether oxygens (including phenoxy) is 1. The van der Waals surface area contributed by atoms with Gasteiger partial charge in [0.25, 0.3) is 5.91 Å². The molecule has 0 N–H and O–H groups in total. The molecule has 0 radical (unpaired) electrons. The van der Waals surface area contributed by atoms with Gasteiger partial charge in [-0.25, -0.2) is 0 Å². The van der Waals surface area contributed by atoms with Gasteiger partial charge in [0.05, 0.1) is 7.11 Å². The Balaban J connectivity index is 1.60. The van der Waals surface area contributed by atoms with Crippen LogP contribution >= 0.6 is 15.9 Å². The smallest absolute Gasteiger partial charge is 0.254 e. The summed E-state index contributed by atoms with van der Waals surface area (Å²) in [6.45, 7) is 1.36. The van der Waals surface area contributed by atoms with Crippen molar-refractivity contribution in [1.29, 1.82) is 0 Å². The van der Waals surface area contributed by atoms with E-state index in [-0.39, 0.29) is 5.91 Å². The van der Waals surface area contributed by atoms with Crippen LogP contribution in [0.4, 0.5) is 0 Å². The van der Waals surface area contributed by atoms with E-state index in [1.165, 1.54) is 24.0 Å². The summed E-state index contributed by atoms with van der Waals surface area (Å²) < 4.78 is 6.20. The Morgan fingerprint density at radius 1 is 1.22 bits per heavy atom. The highest BCUT2D eigenvalue weighted by molar-refractivity contribution is 9.10. The molecule has 0 aromatic heterocycles. The van der Waals surface area contributed by atoms with Crippen molar-refractivity contribution >= 4 is 21.8 Å². The van der Waals surface area contributed by atoms with Gasteiger partial charge in [0, 0.05) is 23.1 Å². The highest BCUT2D eigenvalue weighted by Gasteiger charge is 2.34. The van der Waals surface area contributed by atoms with Gasteiger partial charge in [-0.15, -0.1) is 0 Å². The molecule has 1 aliphatic carbocycles. The highest BCUT2D eigenvalue weighted by atomic mass is 79.9. The van der Waals surface area contributed by atoms with Crippen LogP contribution in [0.2, 0.25) is 0 Å². The molecule has 0 bridgehead atoms. The molecule has 1 fully saturated rings. The van der Waals surface area contributed by atoms with E-state index in [1.807, 2.05) is 35.2 Å². The Kier molecular flexibility index (Phi) is 3.64. The second-order valence-electron chi connectivity index (χ2n) is 6.30. The lowest BCUT2D eigenvalue weighted by molar-refractivity contribution is 0.0766. The first-order valence-corrected chi connectivity index (χ1v) is 8.69. The Hall–Kier alpha value is -1.81. The molecule has 2 aromatic rings. The van der Waals surface area contributed by atoms with E-state index in [4.69, 9.17) is 4.74 Å². The van der Waals surface area contributed by atoms with Crippen molar-refractivity contribution in [2.24, 2.45) is 0 Å². The number of hydrogen-bond donors (Lipinski definition) is 0. The van der Waals surface area contributed by atoms with Crippen LogP contribution in [-0.4, -0.2) is 17.9 Å². The van der Waals surface area contributed by atoms with Crippen molar-refractivity contribution in [3.05, 3.63) is 63.1 Å². The summed E-state index contributed by atoms with van der Waals surface area (Å²) in [6, 6.07) is 12.1. The third-order valence-corrected chi connectivity index (χ3v) is 5.12. The predicted molar refractivity (Wildman–Crippen MR) is 92.7 cm³/mol. The summed E-state index contributed by atoms with van der Waals surface area (Å²) in [7, 11) is 1.66. The molecule has 1 aliphatic heterocycles. The average molecular weight is 372 g/mol. The average Bonchev–Trinajstić information content (AvgIpc) is 3.35. The molecule has 4 heteroatoms. The Morgan fingerprint density at radius 3 is 2.61 bits per heavy atom. The number of methoxy groups -OCH3 is 1. The SMILES string of the molecule is COc1ccc(CN2Cc3c(cc(Br)cc3C3CC3)C2=O)cc1. The Bertz CT molecular complexity index is 766. The molecule has 118 valence electrons. The maximum Gasteiger partial charge on any atom is 0.254 e. The van der Waals surface area contributed by atoms with Crippen LogP contribution in [-0.2, 0) is 13.1 Å². The van der Waals surface area contributed by atoms with Gasteiger partial charge in [-0.1, -0.05) is 28.1 Å². The van der Waals surface area contributed by atoms with Crippen molar-refractivity contribution in [2.45, 2.75) is 31.8 Å². The summed E-state index contributed by atoms with van der Waals surface area (Å²) in [5.41, 5.74) is 4.59. The van der Waals surface area contributed by atoms with Crippen LogP contribution in [0.3, 0.4) is 0 Å². The third kappa shape index (κ3) is 2.76. The van der Waals surface area contributed by atoms with E-state index in [0.29, 0.717) is 12.5 Å². The predicted octanol–water partition coefficient (Wildman–Crippen LogP) is 4.49. The van der Waals surface area contributed by atoms with Crippen LogP contribution in [0.15, 0.2) is 40.9 Å². The van der Waals surface area contributed by atoms with Gasteiger partial charge in [0.1, 0.15) is 5.75 Å². The van der Waals surface area contributed by atoms with E-state index < -0.39 is 0 Å². The monoisotopic (exact) mass is 371 g/mol. The van der Waals surface area contributed by atoms with Crippen LogP contribution in [0, 0.1) is 0 Å². The van der Waals surface area contributed by atoms with Crippen molar-refractivity contribution in [1.82, 2.24) is 4.90 Å². The van der Waals surface area contributed by atoms with Crippen molar-refractivity contribution < 1.29 is 9.53 Å². The fourth-order valence-electron chi connectivity index (χ4n) is 3.30. The number of benzene rings is 2. The third-order valence-electron chi connectivity index (χ3n) is 4.67. The van der Waals surface area contributed by atoms with E-state index in [0.717, 1.165) is 27.9 Å². The zero-order valence-electron chi connectivity index (χ0n) is 13.0. The molecule has 0 spiro atoms. The Morgan fingerprint density at radius 2 is 1.96 bits per heavy atom.